The average Bonchev–Trinajstić information content (AvgIpc) is 2.29. The van der Waals surface area contributed by atoms with E-state index in [1.807, 2.05) is 19.1 Å². The summed E-state index contributed by atoms with van der Waals surface area (Å²) in [6, 6.07) is 7.08. The highest BCUT2D eigenvalue weighted by atomic mass is 16.3. The third-order valence-electron chi connectivity index (χ3n) is 2.16. The van der Waals surface area contributed by atoms with Crippen molar-refractivity contribution in [1.29, 1.82) is 0 Å². The molecule has 0 atom stereocenters. The van der Waals surface area contributed by atoms with Crippen LogP contribution in [0.5, 0.6) is 5.75 Å². The summed E-state index contributed by atoms with van der Waals surface area (Å²) in [7, 11) is 0. The Morgan fingerprint density at radius 1 is 1.38 bits per heavy atom. The maximum absolute atomic E-state index is 11.2. The van der Waals surface area contributed by atoms with E-state index < -0.39 is 0 Å². The summed E-state index contributed by atoms with van der Waals surface area (Å²) in [5, 5.41) is 15.2. The first-order valence-corrected chi connectivity index (χ1v) is 5.48. The van der Waals surface area contributed by atoms with Crippen LogP contribution in [-0.2, 0) is 11.3 Å². The molecule has 0 bridgehead atoms. The molecule has 0 spiro atoms. The first-order valence-electron chi connectivity index (χ1n) is 5.48. The molecule has 0 aliphatic carbocycles. The van der Waals surface area contributed by atoms with E-state index in [2.05, 4.69) is 10.6 Å². The minimum Gasteiger partial charge on any atom is -0.508 e. The van der Waals surface area contributed by atoms with E-state index in [0.717, 1.165) is 12.0 Å². The standard InChI is InChI=1S/C12H18N2O2/c1-2-7-14-12(16)9-13-8-10-5-3-4-6-11(10)15/h3-6,13,15H,2,7-9H2,1H3,(H,14,16). The van der Waals surface area contributed by atoms with E-state index in [1.54, 1.807) is 12.1 Å². The van der Waals surface area contributed by atoms with Crippen molar-refractivity contribution in [3.05, 3.63) is 29.8 Å². The van der Waals surface area contributed by atoms with Crippen LogP contribution in [0, 0.1) is 0 Å². The molecule has 0 aliphatic rings. The molecule has 0 heterocycles. The molecule has 4 heteroatoms. The quantitative estimate of drug-likeness (QED) is 0.673. The molecule has 4 nitrogen and oxygen atoms in total. The van der Waals surface area contributed by atoms with Crippen molar-refractivity contribution in [2.45, 2.75) is 19.9 Å². The Balaban J connectivity index is 2.25. The summed E-state index contributed by atoms with van der Waals surface area (Å²) in [4.78, 5) is 11.2. The average molecular weight is 222 g/mol. The zero-order valence-corrected chi connectivity index (χ0v) is 9.49. The molecule has 3 N–H and O–H groups in total. The number of phenolic OH excluding ortho intramolecular Hbond substituents is 1. The van der Waals surface area contributed by atoms with E-state index >= 15 is 0 Å². The van der Waals surface area contributed by atoms with Crippen molar-refractivity contribution in [3.63, 3.8) is 0 Å². The number of amides is 1. The molecular weight excluding hydrogens is 204 g/mol. The highest BCUT2D eigenvalue weighted by Crippen LogP contribution is 2.14. The highest BCUT2D eigenvalue weighted by molar-refractivity contribution is 5.77. The highest BCUT2D eigenvalue weighted by Gasteiger charge is 2.01. The molecular formula is C12H18N2O2. The molecule has 1 rings (SSSR count). The van der Waals surface area contributed by atoms with E-state index in [-0.39, 0.29) is 18.2 Å². The predicted molar refractivity (Wildman–Crippen MR) is 63.1 cm³/mol. The van der Waals surface area contributed by atoms with Gasteiger partial charge in [0.05, 0.1) is 6.54 Å². The summed E-state index contributed by atoms with van der Waals surface area (Å²) in [6.45, 7) is 3.48. The minimum atomic E-state index is -0.0164. The molecule has 0 saturated carbocycles. The number of benzene rings is 1. The lowest BCUT2D eigenvalue weighted by atomic mass is 10.2. The Morgan fingerprint density at radius 2 is 2.12 bits per heavy atom. The molecule has 16 heavy (non-hydrogen) atoms. The maximum atomic E-state index is 11.2. The first kappa shape index (κ1) is 12.5. The molecule has 0 radical (unpaired) electrons. The van der Waals surface area contributed by atoms with Crippen LogP contribution in [0.3, 0.4) is 0 Å². The third kappa shape index (κ3) is 4.31. The third-order valence-corrected chi connectivity index (χ3v) is 2.16. The Bertz CT molecular complexity index is 340. The van der Waals surface area contributed by atoms with Crippen molar-refractivity contribution < 1.29 is 9.90 Å². The first-order chi connectivity index (χ1) is 7.74. The number of nitrogens with one attached hydrogen (secondary N) is 2. The van der Waals surface area contributed by atoms with E-state index in [1.165, 1.54) is 0 Å². The molecule has 0 aromatic heterocycles. The molecule has 0 saturated heterocycles. The number of para-hydroxylation sites is 1. The molecule has 0 aliphatic heterocycles. The monoisotopic (exact) mass is 222 g/mol. The zero-order chi connectivity index (χ0) is 11.8. The smallest absolute Gasteiger partial charge is 0.233 e. The van der Waals surface area contributed by atoms with E-state index in [0.29, 0.717) is 13.1 Å². The number of carbonyl (C=O) groups is 1. The fourth-order valence-corrected chi connectivity index (χ4v) is 1.30. The van der Waals surface area contributed by atoms with Crippen LogP contribution in [0.25, 0.3) is 0 Å². The van der Waals surface area contributed by atoms with Gasteiger partial charge in [-0.3, -0.25) is 4.79 Å². The zero-order valence-electron chi connectivity index (χ0n) is 9.49. The van der Waals surface area contributed by atoms with Crippen molar-refractivity contribution in [2.24, 2.45) is 0 Å². The lowest BCUT2D eigenvalue weighted by molar-refractivity contribution is -0.120. The number of phenols is 1. The summed E-state index contributed by atoms with van der Waals surface area (Å²) < 4.78 is 0. The van der Waals surface area contributed by atoms with Gasteiger partial charge in [-0.1, -0.05) is 25.1 Å². The second kappa shape index (κ2) is 6.85. The van der Waals surface area contributed by atoms with Gasteiger partial charge < -0.3 is 15.7 Å². The molecule has 1 amide bonds. The van der Waals surface area contributed by atoms with Crippen LogP contribution in [0.15, 0.2) is 24.3 Å². The number of carbonyl (C=O) groups excluding carboxylic acids is 1. The Morgan fingerprint density at radius 3 is 2.81 bits per heavy atom. The number of aromatic hydroxyl groups is 1. The van der Waals surface area contributed by atoms with Crippen LogP contribution in [0.4, 0.5) is 0 Å². The molecule has 0 unspecified atom stereocenters. The van der Waals surface area contributed by atoms with Gasteiger partial charge in [0.1, 0.15) is 5.75 Å². The topological polar surface area (TPSA) is 61.4 Å². The van der Waals surface area contributed by atoms with Crippen LogP contribution < -0.4 is 10.6 Å². The number of hydrogen-bond acceptors (Lipinski definition) is 3. The lowest BCUT2D eigenvalue weighted by Crippen LogP contribution is -2.33. The normalized spacial score (nSPS) is 10.1. The van der Waals surface area contributed by atoms with Gasteiger partial charge in [-0.15, -0.1) is 0 Å². The van der Waals surface area contributed by atoms with E-state index in [4.69, 9.17) is 0 Å². The molecule has 1 aromatic carbocycles. The molecule has 1 aromatic rings. The molecule has 0 fully saturated rings. The van der Waals surface area contributed by atoms with Crippen molar-refractivity contribution in [1.82, 2.24) is 10.6 Å². The van der Waals surface area contributed by atoms with Gasteiger partial charge in [0, 0.05) is 18.7 Å². The van der Waals surface area contributed by atoms with Gasteiger partial charge in [-0.2, -0.15) is 0 Å². The number of hydrogen-bond donors (Lipinski definition) is 3. The van der Waals surface area contributed by atoms with Crippen molar-refractivity contribution in [2.75, 3.05) is 13.1 Å². The summed E-state index contributed by atoms with van der Waals surface area (Å²) in [6.07, 6.45) is 0.936. The fraction of sp³-hybridized carbons (Fsp3) is 0.417. The Labute approximate surface area is 95.7 Å². The maximum Gasteiger partial charge on any atom is 0.233 e. The lowest BCUT2D eigenvalue weighted by Gasteiger charge is -2.07. The predicted octanol–water partition coefficient (Wildman–Crippen LogP) is 1.01. The van der Waals surface area contributed by atoms with E-state index in [9.17, 15) is 9.90 Å². The van der Waals surface area contributed by atoms with Gasteiger partial charge in [0.15, 0.2) is 0 Å². The van der Waals surface area contributed by atoms with Crippen LogP contribution in [-0.4, -0.2) is 24.1 Å². The van der Waals surface area contributed by atoms with Crippen LogP contribution in [0.1, 0.15) is 18.9 Å². The SMILES string of the molecule is CCCNC(=O)CNCc1ccccc1O. The second-order valence-electron chi connectivity index (χ2n) is 3.58. The van der Waals surface area contributed by atoms with Crippen molar-refractivity contribution >= 4 is 5.91 Å². The van der Waals surface area contributed by atoms with Crippen molar-refractivity contribution in [3.8, 4) is 5.75 Å². The van der Waals surface area contributed by atoms with Crippen LogP contribution in [0.2, 0.25) is 0 Å². The summed E-state index contributed by atoms with van der Waals surface area (Å²) >= 11 is 0. The minimum absolute atomic E-state index is 0.0164. The Kier molecular flexibility index (Phi) is 5.36. The van der Waals surface area contributed by atoms with Gasteiger partial charge in [0.25, 0.3) is 0 Å². The fourth-order valence-electron chi connectivity index (χ4n) is 1.30. The van der Waals surface area contributed by atoms with Crippen LogP contribution >= 0.6 is 0 Å². The van der Waals surface area contributed by atoms with Gasteiger partial charge in [-0.25, -0.2) is 0 Å². The Hall–Kier alpha value is -1.55. The summed E-state index contributed by atoms with van der Waals surface area (Å²) in [5.74, 6) is 0.237. The summed E-state index contributed by atoms with van der Waals surface area (Å²) in [5.41, 5.74) is 0.797. The largest absolute Gasteiger partial charge is 0.508 e. The van der Waals surface area contributed by atoms with Gasteiger partial charge >= 0.3 is 0 Å². The molecule has 88 valence electrons. The van der Waals surface area contributed by atoms with Gasteiger partial charge in [-0.05, 0) is 12.5 Å². The second-order valence-corrected chi connectivity index (χ2v) is 3.58. The number of rotatable bonds is 6. The van der Waals surface area contributed by atoms with Gasteiger partial charge in [0.2, 0.25) is 5.91 Å².